The van der Waals surface area contributed by atoms with Crippen LogP contribution in [0.4, 0.5) is 0 Å². The van der Waals surface area contributed by atoms with Gasteiger partial charge in [-0.2, -0.15) is 0 Å². The highest BCUT2D eigenvalue weighted by Gasteiger charge is 2.13. The van der Waals surface area contributed by atoms with E-state index in [9.17, 15) is 4.79 Å². The summed E-state index contributed by atoms with van der Waals surface area (Å²) >= 11 is 0. The highest BCUT2D eigenvalue weighted by Crippen LogP contribution is 2.25. The molecule has 0 spiro atoms. The van der Waals surface area contributed by atoms with Crippen LogP contribution in [0.3, 0.4) is 0 Å². The van der Waals surface area contributed by atoms with E-state index in [1.54, 1.807) is 32.4 Å². The van der Waals surface area contributed by atoms with Crippen molar-refractivity contribution in [1.29, 1.82) is 0 Å². The Balaban J connectivity index is 2.49. The lowest BCUT2D eigenvalue weighted by Gasteiger charge is -2.09. The van der Waals surface area contributed by atoms with Crippen LogP contribution >= 0.6 is 0 Å². The van der Waals surface area contributed by atoms with Crippen molar-refractivity contribution in [3.8, 4) is 11.5 Å². The average molecular weight is 278 g/mol. The van der Waals surface area contributed by atoms with E-state index in [1.807, 2.05) is 0 Å². The lowest BCUT2D eigenvalue weighted by atomic mass is 10.0. The van der Waals surface area contributed by atoms with Crippen LogP contribution in [-0.2, 0) is 0 Å². The summed E-state index contributed by atoms with van der Waals surface area (Å²) < 4.78 is 10.4. The highest BCUT2D eigenvalue weighted by molar-refractivity contribution is 5.99. The fourth-order valence-electron chi connectivity index (χ4n) is 2.23. The summed E-state index contributed by atoms with van der Waals surface area (Å²) in [7, 11) is 3.19. The first kappa shape index (κ1) is 16.5. The molecule has 0 unspecified atom stereocenters. The molecule has 20 heavy (non-hydrogen) atoms. The minimum Gasteiger partial charge on any atom is -0.497 e. The van der Waals surface area contributed by atoms with Gasteiger partial charge < -0.3 is 9.47 Å². The molecule has 0 bridgehead atoms. The monoisotopic (exact) mass is 278 g/mol. The summed E-state index contributed by atoms with van der Waals surface area (Å²) in [5, 5.41) is 0. The van der Waals surface area contributed by atoms with Crippen LogP contribution in [0.1, 0.15) is 62.2 Å². The molecule has 0 aliphatic rings. The van der Waals surface area contributed by atoms with Crippen molar-refractivity contribution in [2.45, 2.75) is 51.9 Å². The summed E-state index contributed by atoms with van der Waals surface area (Å²) in [6.07, 6.45) is 7.68. The molecule has 3 heteroatoms. The highest BCUT2D eigenvalue weighted by atomic mass is 16.5. The molecule has 0 aromatic heterocycles. The van der Waals surface area contributed by atoms with Gasteiger partial charge in [-0.3, -0.25) is 4.79 Å². The summed E-state index contributed by atoms with van der Waals surface area (Å²) in [5.41, 5.74) is 0.625. The maximum absolute atomic E-state index is 12.2. The standard InChI is InChI=1S/C17H26O3/c1-4-5-6-7-8-9-10-16(18)15-13-14(19-2)11-12-17(15)20-3/h11-13H,4-10H2,1-3H3. The summed E-state index contributed by atoms with van der Waals surface area (Å²) in [6, 6.07) is 5.35. The molecule has 0 atom stereocenters. The number of Topliss-reactive ketones (excluding diaryl/α,β-unsaturated/α-hetero) is 1. The van der Waals surface area contributed by atoms with Gasteiger partial charge in [-0.1, -0.05) is 39.0 Å². The fourth-order valence-corrected chi connectivity index (χ4v) is 2.23. The molecule has 0 aliphatic carbocycles. The second kappa shape index (κ2) is 9.40. The Morgan fingerprint density at radius 3 is 2.35 bits per heavy atom. The average Bonchev–Trinajstić information content (AvgIpc) is 2.49. The number of unbranched alkanes of at least 4 members (excludes halogenated alkanes) is 5. The Kier molecular flexibility index (Phi) is 7.78. The van der Waals surface area contributed by atoms with E-state index in [4.69, 9.17) is 9.47 Å². The van der Waals surface area contributed by atoms with Crippen LogP contribution in [0.2, 0.25) is 0 Å². The number of hydrogen-bond donors (Lipinski definition) is 0. The quantitative estimate of drug-likeness (QED) is 0.462. The van der Waals surface area contributed by atoms with Gasteiger partial charge in [0.15, 0.2) is 5.78 Å². The molecule has 1 aromatic rings. The molecule has 0 N–H and O–H groups in total. The molecular weight excluding hydrogens is 252 g/mol. The Bertz CT molecular complexity index is 413. The van der Waals surface area contributed by atoms with Gasteiger partial charge in [-0.25, -0.2) is 0 Å². The smallest absolute Gasteiger partial charge is 0.166 e. The number of hydrogen-bond acceptors (Lipinski definition) is 3. The van der Waals surface area contributed by atoms with E-state index in [2.05, 4.69) is 6.92 Å². The first-order chi connectivity index (χ1) is 9.72. The van der Waals surface area contributed by atoms with Crippen molar-refractivity contribution in [2.75, 3.05) is 14.2 Å². The Morgan fingerprint density at radius 1 is 1.00 bits per heavy atom. The topological polar surface area (TPSA) is 35.5 Å². The number of methoxy groups -OCH3 is 2. The normalized spacial score (nSPS) is 10.3. The van der Waals surface area contributed by atoms with Gasteiger partial charge in [0.2, 0.25) is 0 Å². The second-order valence-electron chi connectivity index (χ2n) is 5.01. The van der Waals surface area contributed by atoms with Gasteiger partial charge in [-0.15, -0.1) is 0 Å². The number of carbonyl (C=O) groups excluding carboxylic acids is 1. The van der Waals surface area contributed by atoms with E-state index in [0.29, 0.717) is 23.5 Å². The number of benzene rings is 1. The third-order valence-electron chi connectivity index (χ3n) is 3.46. The molecule has 0 saturated heterocycles. The summed E-state index contributed by atoms with van der Waals surface area (Å²) in [6.45, 7) is 2.21. The number of rotatable bonds is 10. The maximum atomic E-state index is 12.2. The van der Waals surface area contributed by atoms with Crippen LogP contribution in [-0.4, -0.2) is 20.0 Å². The van der Waals surface area contributed by atoms with Crippen molar-refractivity contribution >= 4 is 5.78 Å². The van der Waals surface area contributed by atoms with Gasteiger partial charge in [0.05, 0.1) is 19.8 Å². The van der Waals surface area contributed by atoms with Gasteiger partial charge in [0, 0.05) is 6.42 Å². The maximum Gasteiger partial charge on any atom is 0.166 e. The largest absolute Gasteiger partial charge is 0.497 e. The number of carbonyl (C=O) groups is 1. The fraction of sp³-hybridized carbons (Fsp3) is 0.588. The predicted molar refractivity (Wildman–Crippen MR) is 81.9 cm³/mol. The van der Waals surface area contributed by atoms with Crippen molar-refractivity contribution in [3.05, 3.63) is 23.8 Å². The summed E-state index contributed by atoms with van der Waals surface area (Å²) in [4.78, 5) is 12.2. The molecule has 0 fully saturated rings. The predicted octanol–water partition coefficient (Wildman–Crippen LogP) is 4.64. The third kappa shape index (κ3) is 5.24. The lowest BCUT2D eigenvalue weighted by Crippen LogP contribution is -2.03. The van der Waals surface area contributed by atoms with Crippen LogP contribution in [0, 0.1) is 0 Å². The molecule has 0 heterocycles. The molecule has 0 saturated carbocycles. The first-order valence-electron chi connectivity index (χ1n) is 7.48. The van der Waals surface area contributed by atoms with Crippen molar-refractivity contribution in [1.82, 2.24) is 0 Å². The van der Waals surface area contributed by atoms with E-state index in [0.717, 1.165) is 12.8 Å². The molecule has 1 aromatic carbocycles. The van der Waals surface area contributed by atoms with E-state index in [-0.39, 0.29) is 5.78 Å². The van der Waals surface area contributed by atoms with Crippen molar-refractivity contribution < 1.29 is 14.3 Å². The molecular formula is C17H26O3. The zero-order chi connectivity index (χ0) is 14.8. The zero-order valence-corrected chi connectivity index (χ0v) is 12.9. The molecule has 0 radical (unpaired) electrons. The number of ketones is 1. The van der Waals surface area contributed by atoms with Gasteiger partial charge in [-0.05, 0) is 24.6 Å². The van der Waals surface area contributed by atoms with Gasteiger partial charge in [0.1, 0.15) is 11.5 Å². The van der Waals surface area contributed by atoms with Crippen LogP contribution < -0.4 is 9.47 Å². The Labute approximate surface area is 122 Å². The minimum atomic E-state index is 0.135. The second-order valence-corrected chi connectivity index (χ2v) is 5.01. The molecule has 3 nitrogen and oxygen atoms in total. The Morgan fingerprint density at radius 2 is 1.70 bits per heavy atom. The van der Waals surface area contributed by atoms with Gasteiger partial charge >= 0.3 is 0 Å². The van der Waals surface area contributed by atoms with E-state index < -0.39 is 0 Å². The van der Waals surface area contributed by atoms with Crippen LogP contribution in [0.5, 0.6) is 11.5 Å². The number of ether oxygens (including phenoxy) is 2. The van der Waals surface area contributed by atoms with Crippen LogP contribution in [0.15, 0.2) is 18.2 Å². The molecule has 0 aliphatic heterocycles. The van der Waals surface area contributed by atoms with Crippen molar-refractivity contribution in [3.63, 3.8) is 0 Å². The lowest BCUT2D eigenvalue weighted by molar-refractivity contribution is 0.0975. The van der Waals surface area contributed by atoms with Gasteiger partial charge in [0.25, 0.3) is 0 Å². The molecule has 0 amide bonds. The third-order valence-corrected chi connectivity index (χ3v) is 3.46. The van der Waals surface area contributed by atoms with Crippen molar-refractivity contribution in [2.24, 2.45) is 0 Å². The molecule has 1 rings (SSSR count). The van der Waals surface area contributed by atoms with E-state index in [1.165, 1.54) is 25.7 Å². The first-order valence-corrected chi connectivity index (χ1v) is 7.48. The van der Waals surface area contributed by atoms with E-state index >= 15 is 0 Å². The minimum absolute atomic E-state index is 0.135. The SMILES string of the molecule is CCCCCCCCC(=O)c1cc(OC)ccc1OC. The zero-order valence-electron chi connectivity index (χ0n) is 12.9. The molecule has 112 valence electrons. The summed E-state index contributed by atoms with van der Waals surface area (Å²) in [5.74, 6) is 1.45. The Hall–Kier alpha value is -1.51. The van der Waals surface area contributed by atoms with Crippen LogP contribution in [0.25, 0.3) is 0 Å².